The van der Waals surface area contributed by atoms with E-state index in [0.717, 1.165) is 24.1 Å². The van der Waals surface area contributed by atoms with Crippen molar-refractivity contribution >= 4 is 50.3 Å². The molecule has 6 aromatic carbocycles. The lowest BCUT2D eigenvalue weighted by Gasteiger charge is -2.31. The summed E-state index contributed by atoms with van der Waals surface area (Å²) in [6.07, 6.45) is 20.6. The standard InChI is InChI=1S/C51H36N2/c1-51(2)44-27-33(21-23-36(44)37-25-22-34(52-3)29-45(37)51)47-38-16-8-10-18-40(38)49(41-19-11-9-17-39(41)47)50-42-24-20-30-12-6-7-15-35(30)48(42)43-26-31-13-4-5-14-32(31)28-46(43)53-50/h4-10,12-18,20-30,35H,11,19H2,1-2H3. The summed E-state index contributed by atoms with van der Waals surface area (Å²) in [5.41, 5.74) is 16.8. The van der Waals surface area contributed by atoms with Crippen molar-refractivity contribution in [1.82, 2.24) is 4.98 Å². The van der Waals surface area contributed by atoms with Crippen LogP contribution in [0.5, 0.6) is 0 Å². The Hall–Kier alpha value is -6.30. The van der Waals surface area contributed by atoms with Crippen LogP contribution in [-0.4, -0.2) is 4.98 Å². The molecule has 0 N–H and O–H groups in total. The van der Waals surface area contributed by atoms with Crippen molar-refractivity contribution in [2.24, 2.45) is 5.92 Å². The largest absolute Gasteiger partial charge is 0.247 e. The predicted octanol–water partition coefficient (Wildman–Crippen LogP) is 13.5. The Morgan fingerprint density at radius 2 is 1.43 bits per heavy atom. The van der Waals surface area contributed by atoms with Crippen LogP contribution in [0.1, 0.15) is 59.6 Å². The Morgan fingerprint density at radius 3 is 2.26 bits per heavy atom. The Morgan fingerprint density at radius 1 is 0.698 bits per heavy atom. The Labute approximate surface area is 310 Å². The number of benzene rings is 6. The molecule has 2 nitrogen and oxygen atoms in total. The summed E-state index contributed by atoms with van der Waals surface area (Å²) in [4.78, 5) is 9.43. The molecule has 250 valence electrons. The number of aromatic nitrogens is 1. The molecule has 0 radical (unpaired) electrons. The molecule has 0 bridgehead atoms. The molecule has 0 spiro atoms. The van der Waals surface area contributed by atoms with Crippen LogP contribution in [0, 0.1) is 12.5 Å². The lowest BCUT2D eigenvalue weighted by Crippen LogP contribution is -2.16. The van der Waals surface area contributed by atoms with E-state index in [-0.39, 0.29) is 11.3 Å². The lowest BCUT2D eigenvalue weighted by molar-refractivity contribution is 0.661. The van der Waals surface area contributed by atoms with E-state index in [9.17, 15) is 0 Å². The molecule has 0 amide bonds. The zero-order valence-electron chi connectivity index (χ0n) is 29.8. The monoisotopic (exact) mass is 676 g/mol. The van der Waals surface area contributed by atoms with Crippen molar-refractivity contribution < 1.29 is 0 Å². The quantitative estimate of drug-likeness (QED) is 0.132. The lowest BCUT2D eigenvalue weighted by atomic mass is 9.73. The molecule has 2 heteroatoms. The fourth-order valence-corrected chi connectivity index (χ4v) is 9.93. The van der Waals surface area contributed by atoms with Gasteiger partial charge in [-0.3, -0.25) is 0 Å². The van der Waals surface area contributed by atoms with Crippen molar-refractivity contribution in [1.29, 1.82) is 0 Å². The van der Waals surface area contributed by atoms with E-state index in [0.29, 0.717) is 11.6 Å². The summed E-state index contributed by atoms with van der Waals surface area (Å²) in [7, 11) is 0. The molecule has 4 aliphatic rings. The molecule has 0 fully saturated rings. The van der Waals surface area contributed by atoms with E-state index < -0.39 is 0 Å². The van der Waals surface area contributed by atoms with E-state index in [2.05, 4.69) is 158 Å². The zero-order chi connectivity index (χ0) is 35.4. The smallest absolute Gasteiger partial charge is 0.187 e. The fraction of sp³-hybridized carbons (Fsp3) is 0.137. The second-order valence-corrected chi connectivity index (χ2v) is 15.6. The van der Waals surface area contributed by atoms with Gasteiger partial charge in [0.15, 0.2) is 5.69 Å². The average Bonchev–Trinajstić information content (AvgIpc) is 3.43. The number of hydrogen-bond donors (Lipinski definition) is 0. The first-order chi connectivity index (χ1) is 26.0. The highest BCUT2D eigenvalue weighted by atomic mass is 14.7. The van der Waals surface area contributed by atoms with Crippen LogP contribution in [0.25, 0.3) is 83.0 Å². The molecule has 1 heterocycles. The number of fused-ring (bicyclic) bond motifs is 11. The van der Waals surface area contributed by atoms with Crippen molar-refractivity contribution in [2.75, 3.05) is 0 Å². The van der Waals surface area contributed by atoms with Gasteiger partial charge in [-0.05, 0) is 103 Å². The molecular formula is C51H36N2. The van der Waals surface area contributed by atoms with E-state index in [1.165, 1.54) is 88.1 Å². The van der Waals surface area contributed by atoms with Gasteiger partial charge in [0.25, 0.3) is 0 Å². The van der Waals surface area contributed by atoms with E-state index >= 15 is 0 Å². The predicted molar refractivity (Wildman–Crippen MR) is 222 cm³/mol. The van der Waals surface area contributed by atoms with Crippen molar-refractivity contribution in [3.05, 3.63) is 178 Å². The zero-order valence-corrected chi connectivity index (χ0v) is 29.8. The van der Waals surface area contributed by atoms with Gasteiger partial charge in [0.2, 0.25) is 0 Å². The summed E-state index contributed by atoms with van der Waals surface area (Å²) >= 11 is 0. The molecule has 53 heavy (non-hydrogen) atoms. The molecule has 11 rings (SSSR count). The van der Waals surface area contributed by atoms with Crippen LogP contribution in [0.4, 0.5) is 5.69 Å². The topological polar surface area (TPSA) is 17.2 Å². The molecular weight excluding hydrogens is 641 g/mol. The van der Waals surface area contributed by atoms with Gasteiger partial charge in [0, 0.05) is 33.8 Å². The SMILES string of the molecule is [C-]#[N+]c1ccc2c(c1)C(C)(C)c1cc(-c3c4c(c(-c5nc6cc7ccccc7cc6c6c5C=CC5C=CC=CC65)c5ccccc35)CCC=C4)ccc1-2. The molecule has 1 aromatic heterocycles. The van der Waals surface area contributed by atoms with Crippen LogP contribution < -0.4 is 0 Å². The van der Waals surface area contributed by atoms with Gasteiger partial charge in [0.05, 0.1) is 17.8 Å². The maximum Gasteiger partial charge on any atom is 0.187 e. The maximum atomic E-state index is 7.66. The summed E-state index contributed by atoms with van der Waals surface area (Å²) in [5.74, 6) is 0.591. The van der Waals surface area contributed by atoms with Gasteiger partial charge in [-0.25, -0.2) is 9.83 Å². The average molecular weight is 677 g/mol. The van der Waals surface area contributed by atoms with Crippen molar-refractivity contribution in [2.45, 2.75) is 38.0 Å². The van der Waals surface area contributed by atoms with Crippen LogP contribution in [0.15, 0.2) is 134 Å². The minimum Gasteiger partial charge on any atom is -0.247 e. The van der Waals surface area contributed by atoms with E-state index in [1.807, 2.05) is 6.07 Å². The Kier molecular flexibility index (Phi) is 6.35. The highest BCUT2D eigenvalue weighted by Crippen LogP contribution is 2.53. The van der Waals surface area contributed by atoms with Gasteiger partial charge in [-0.1, -0.05) is 141 Å². The molecule has 2 unspecified atom stereocenters. The molecule has 0 saturated heterocycles. The van der Waals surface area contributed by atoms with E-state index in [1.54, 1.807) is 0 Å². The van der Waals surface area contributed by atoms with Gasteiger partial charge < -0.3 is 0 Å². The van der Waals surface area contributed by atoms with Crippen LogP contribution >= 0.6 is 0 Å². The highest BCUT2D eigenvalue weighted by Gasteiger charge is 2.36. The molecule has 0 aliphatic heterocycles. The number of allylic oxidation sites excluding steroid dienone is 6. The van der Waals surface area contributed by atoms with Gasteiger partial charge >= 0.3 is 0 Å². The van der Waals surface area contributed by atoms with Crippen LogP contribution in [0.3, 0.4) is 0 Å². The third kappa shape index (κ3) is 4.29. The molecule has 7 aromatic rings. The molecule has 2 atom stereocenters. The Bertz CT molecular complexity index is 2940. The van der Waals surface area contributed by atoms with Crippen molar-refractivity contribution in [3.8, 4) is 33.5 Å². The second-order valence-electron chi connectivity index (χ2n) is 15.6. The van der Waals surface area contributed by atoms with Crippen molar-refractivity contribution in [3.63, 3.8) is 0 Å². The first kappa shape index (κ1) is 30.3. The molecule has 4 aliphatic carbocycles. The molecule has 0 saturated carbocycles. The number of rotatable bonds is 2. The highest BCUT2D eigenvalue weighted by molar-refractivity contribution is 6.12. The number of hydrogen-bond acceptors (Lipinski definition) is 1. The van der Waals surface area contributed by atoms with Crippen LogP contribution in [-0.2, 0) is 11.8 Å². The van der Waals surface area contributed by atoms with Gasteiger partial charge in [-0.15, -0.1) is 0 Å². The normalized spacial score (nSPS) is 18.4. The van der Waals surface area contributed by atoms with E-state index in [4.69, 9.17) is 11.6 Å². The maximum absolute atomic E-state index is 7.66. The minimum absolute atomic E-state index is 0.210. The fourth-order valence-electron chi connectivity index (χ4n) is 9.93. The minimum atomic E-state index is -0.210. The van der Waals surface area contributed by atoms with Crippen LogP contribution in [0.2, 0.25) is 0 Å². The Balaban J connectivity index is 1.20. The summed E-state index contributed by atoms with van der Waals surface area (Å²) < 4.78 is 0. The van der Waals surface area contributed by atoms with Gasteiger partial charge in [0.1, 0.15) is 0 Å². The summed E-state index contributed by atoms with van der Waals surface area (Å²) in [6, 6.07) is 35.6. The number of pyridine rings is 1. The third-order valence-electron chi connectivity index (χ3n) is 12.4. The number of nitrogens with zero attached hydrogens (tertiary/aromatic N) is 2. The van der Waals surface area contributed by atoms with Gasteiger partial charge in [-0.2, -0.15) is 0 Å². The first-order valence-corrected chi connectivity index (χ1v) is 18.8. The summed E-state index contributed by atoms with van der Waals surface area (Å²) in [5, 5.41) is 6.23. The summed E-state index contributed by atoms with van der Waals surface area (Å²) in [6.45, 7) is 12.3. The second kappa shape index (κ2) is 11.1. The third-order valence-corrected chi connectivity index (χ3v) is 12.4. The first-order valence-electron chi connectivity index (χ1n) is 18.8.